The van der Waals surface area contributed by atoms with Crippen molar-refractivity contribution in [2.24, 2.45) is 0 Å². The zero-order valence-corrected chi connectivity index (χ0v) is 17.9. The molecule has 0 spiro atoms. The number of carbonyl (C=O) groups is 2. The molecular weight excluding hydrogens is 428 g/mol. The van der Waals surface area contributed by atoms with Crippen molar-refractivity contribution >= 4 is 28.9 Å². The molecule has 1 atom stereocenters. The second kappa shape index (κ2) is 9.68. The SMILES string of the molecule is CC(Nc1ccc(OC(F)F)c(Cc2ccccc2)c1)C(=O)N1CC(=O)Nc2ccccc21. The van der Waals surface area contributed by atoms with Crippen LogP contribution in [0.4, 0.5) is 25.8 Å². The van der Waals surface area contributed by atoms with Crippen LogP contribution in [0.1, 0.15) is 18.1 Å². The lowest BCUT2D eigenvalue weighted by Crippen LogP contribution is -2.47. The van der Waals surface area contributed by atoms with Gasteiger partial charge in [0.25, 0.3) is 0 Å². The number of hydrogen-bond acceptors (Lipinski definition) is 4. The first-order chi connectivity index (χ1) is 15.9. The molecule has 0 fully saturated rings. The van der Waals surface area contributed by atoms with E-state index in [1.165, 1.54) is 11.0 Å². The number of ether oxygens (including phenoxy) is 1. The number of benzene rings is 3. The lowest BCUT2D eigenvalue weighted by molar-refractivity contribution is -0.122. The summed E-state index contributed by atoms with van der Waals surface area (Å²) in [6.07, 6.45) is 0.389. The minimum Gasteiger partial charge on any atom is -0.435 e. The number of carbonyl (C=O) groups excluding carboxylic acids is 2. The van der Waals surface area contributed by atoms with E-state index in [0.717, 1.165) is 5.56 Å². The summed E-state index contributed by atoms with van der Waals surface area (Å²) in [5, 5.41) is 5.88. The van der Waals surface area contributed by atoms with Crippen LogP contribution in [0.2, 0.25) is 0 Å². The molecule has 0 saturated carbocycles. The topological polar surface area (TPSA) is 70.7 Å². The molecule has 0 saturated heterocycles. The smallest absolute Gasteiger partial charge is 0.387 e. The van der Waals surface area contributed by atoms with Crippen molar-refractivity contribution in [2.45, 2.75) is 26.0 Å². The Morgan fingerprint density at radius 2 is 1.82 bits per heavy atom. The van der Waals surface area contributed by atoms with E-state index in [4.69, 9.17) is 4.74 Å². The first-order valence-electron chi connectivity index (χ1n) is 10.5. The largest absolute Gasteiger partial charge is 0.435 e. The Labute approximate surface area is 190 Å². The van der Waals surface area contributed by atoms with Crippen molar-refractivity contribution in [3.05, 3.63) is 83.9 Å². The van der Waals surface area contributed by atoms with Crippen molar-refractivity contribution in [2.75, 3.05) is 22.1 Å². The van der Waals surface area contributed by atoms with Gasteiger partial charge < -0.3 is 15.4 Å². The van der Waals surface area contributed by atoms with Crippen LogP contribution in [0.5, 0.6) is 5.75 Å². The van der Waals surface area contributed by atoms with E-state index in [0.29, 0.717) is 29.0 Å². The first-order valence-corrected chi connectivity index (χ1v) is 10.5. The highest BCUT2D eigenvalue weighted by atomic mass is 19.3. The van der Waals surface area contributed by atoms with E-state index in [1.54, 1.807) is 43.3 Å². The molecule has 2 N–H and O–H groups in total. The van der Waals surface area contributed by atoms with Crippen LogP contribution in [-0.2, 0) is 16.0 Å². The van der Waals surface area contributed by atoms with Crippen LogP contribution in [0.15, 0.2) is 72.8 Å². The van der Waals surface area contributed by atoms with Crippen LogP contribution in [0, 0.1) is 0 Å². The van der Waals surface area contributed by atoms with Crippen molar-refractivity contribution in [1.82, 2.24) is 0 Å². The molecule has 0 aliphatic carbocycles. The van der Waals surface area contributed by atoms with Crippen LogP contribution < -0.4 is 20.3 Å². The molecule has 170 valence electrons. The van der Waals surface area contributed by atoms with Crippen molar-refractivity contribution in [3.8, 4) is 5.75 Å². The van der Waals surface area contributed by atoms with Crippen LogP contribution >= 0.6 is 0 Å². The Morgan fingerprint density at radius 3 is 2.58 bits per heavy atom. The molecule has 0 bridgehead atoms. The first kappa shape index (κ1) is 22.3. The highest BCUT2D eigenvalue weighted by Gasteiger charge is 2.29. The van der Waals surface area contributed by atoms with E-state index in [-0.39, 0.29) is 24.1 Å². The second-order valence-corrected chi connectivity index (χ2v) is 7.72. The maximum absolute atomic E-state index is 13.2. The fourth-order valence-electron chi connectivity index (χ4n) is 3.81. The molecule has 0 radical (unpaired) electrons. The standard InChI is InChI=1S/C25H23F2N3O3/c1-16(24(32)30-15-23(31)29-20-9-5-6-10-21(20)30)28-19-11-12-22(33-25(26)27)18(14-19)13-17-7-3-2-4-8-17/h2-12,14,16,25,28H,13,15H2,1H3,(H,29,31). The third-order valence-electron chi connectivity index (χ3n) is 5.30. The maximum Gasteiger partial charge on any atom is 0.387 e. The monoisotopic (exact) mass is 451 g/mol. The van der Waals surface area contributed by atoms with Gasteiger partial charge in [0.05, 0.1) is 11.4 Å². The van der Waals surface area contributed by atoms with Gasteiger partial charge in [-0.1, -0.05) is 42.5 Å². The summed E-state index contributed by atoms with van der Waals surface area (Å²) < 4.78 is 30.5. The third kappa shape index (κ3) is 5.28. The van der Waals surface area contributed by atoms with E-state index in [2.05, 4.69) is 10.6 Å². The number of halogens is 2. The fourth-order valence-corrected chi connectivity index (χ4v) is 3.81. The number of rotatable bonds is 7. The summed E-state index contributed by atoms with van der Waals surface area (Å²) in [5.41, 5.74) is 3.29. The molecule has 3 aromatic carbocycles. The maximum atomic E-state index is 13.2. The Kier molecular flexibility index (Phi) is 6.53. The molecule has 0 aromatic heterocycles. The van der Waals surface area contributed by atoms with Crippen molar-refractivity contribution < 1.29 is 23.1 Å². The van der Waals surface area contributed by atoms with E-state index in [9.17, 15) is 18.4 Å². The molecule has 1 aliphatic rings. The van der Waals surface area contributed by atoms with Crippen molar-refractivity contribution in [3.63, 3.8) is 0 Å². The van der Waals surface area contributed by atoms with E-state index in [1.807, 2.05) is 30.3 Å². The van der Waals surface area contributed by atoms with Gasteiger partial charge in [-0.2, -0.15) is 8.78 Å². The van der Waals surface area contributed by atoms with Crippen LogP contribution in [0.3, 0.4) is 0 Å². The number of para-hydroxylation sites is 2. The van der Waals surface area contributed by atoms with Gasteiger partial charge in [-0.25, -0.2) is 0 Å². The summed E-state index contributed by atoms with van der Waals surface area (Å²) in [4.78, 5) is 26.7. The van der Waals surface area contributed by atoms with E-state index >= 15 is 0 Å². The Bertz CT molecular complexity index is 1150. The summed E-state index contributed by atoms with van der Waals surface area (Å²) in [5.74, 6) is -0.470. The molecule has 1 aliphatic heterocycles. The predicted molar refractivity (Wildman–Crippen MR) is 123 cm³/mol. The minimum absolute atomic E-state index is 0.0811. The summed E-state index contributed by atoms with van der Waals surface area (Å²) in [6, 6.07) is 20.6. The zero-order valence-electron chi connectivity index (χ0n) is 17.9. The molecule has 4 rings (SSSR count). The Hall–Kier alpha value is -3.94. The lowest BCUT2D eigenvalue weighted by atomic mass is 10.0. The van der Waals surface area contributed by atoms with Crippen LogP contribution in [0.25, 0.3) is 0 Å². The summed E-state index contributed by atoms with van der Waals surface area (Å²) in [7, 11) is 0. The highest BCUT2D eigenvalue weighted by Crippen LogP contribution is 2.30. The van der Waals surface area contributed by atoms with Gasteiger partial charge in [0.2, 0.25) is 11.8 Å². The predicted octanol–water partition coefficient (Wildman–Crippen LogP) is 4.66. The van der Waals surface area contributed by atoms with Gasteiger partial charge in [0.1, 0.15) is 18.3 Å². The molecule has 1 heterocycles. The normalized spacial score (nSPS) is 13.8. The number of nitrogens with zero attached hydrogens (tertiary/aromatic N) is 1. The quantitative estimate of drug-likeness (QED) is 0.548. The zero-order chi connectivity index (χ0) is 23.4. The molecule has 1 unspecified atom stereocenters. The third-order valence-corrected chi connectivity index (χ3v) is 5.30. The highest BCUT2D eigenvalue weighted by molar-refractivity contribution is 6.11. The van der Waals surface area contributed by atoms with Gasteiger partial charge in [-0.05, 0) is 42.8 Å². The number of nitrogens with one attached hydrogen (secondary N) is 2. The van der Waals surface area contributed by atoms with Crippen LogP contribution in [-0.4, -0.2) is 31.0 Å². The molecule has 2 amide bonds. The van der Waals surface area contributed by atoms with Gasteiger partial charge in [0, 0.05) is 17.7 Å². The lowest BCUT2D eigenvalue weighted by Gasteiger charge is -2.31. The number of amides is 2. The molecule has 3 aromatic rings. The van der Waals surface area contributed by atoms with Gasteiger partial charge in [-0.15, -0.1) is 0 Å². The van der Waals surface area contributed by atoms with Crippen molar-refractivity contribution in [1.29, 1.82) is 0 Å². The number of anilines is 3. The Balaban J connectivity index is 1.55. The average Bonchev–Trinajstić information content (AvgIpc) is 2.80. The molecular formula is C25H23F2N3O3. The minimum atomic E-state index is -2.94. The summed E-state index contributed by atoms with van der Waals surface area (Å²) >= 11 is 0. The molecule has 33 heavy (non-hydrogen) atoms. The van der Waals surface area contributed by atoms with E-state index < -0.39 is 12.7 Å². The van der Waals surface area contributed by atoms with Gasteiger partial charge in [-0.3, -0.25) is 14.5 Å². The fraction of sp³-hybridized carbons (Fsp3) is 0.200. The Morgan fingerprint density at radius 1 is 1.09 bits per heavy atom. The number of hydrogen-bond donors (Lipinski definition) is 2. The average molecular weight is 451 g/mol. The summed E-state index contributed by atoms with van der Waals surface area (Å²) in [6.45, 7) is -1.33. The molecule has 6 nitrogen and oxygen atoms in total. The number of fused-ring (bicyclic) bond motifs is 1. The number of alkyl halides is 2. The van der Waals surface area contributed by atoms with Gasteiger partial charge in [0.15, 0.2) is 0 Å². The van der Waals surface area contributed by atoms with Gasteiger partial charge >= 0.3 is 6.61 Å². The second-order valence-electron chi connectivity index (χ2n) is 7.72. The molecule has 8 heteroatoms.